The van der Waals surface area contributed by atoms with E-state index in [2.05, 4.69) is 36.6 Å². The normalized spacial score (nSPS) is 11.4. The molecule has 0 amide bonds. The lowest BCUT2D eigenvalue weighted by atomic mass is 10.2. The molecule has 0 aromatic heterocycles. The van der Waals surface area contributed by atoms with E-state index in [1.54, 1.807) is 24.3 Å². The number of sulfonamides is 1. The minimum absolute atomic E-state index is 0.123. The molecule has 0 atom stereocenters. The Morgan fingerprint density at radius 1 is 1.14 bits per heavy atom. The Bertz CT molecular complexity index is 756. The molecular formula is C14H13Br2NO3S. The summed E-state index contributed by atoms with van der Waals surface area (Å²) >= 11 is 6.56. The average molecular weight is 435 g/mol. The fraction of sp³-hybridized carbons (Fsp3) is 0.143. The van der Waals surface area contributed by atoms with Crippen molar-refractivity contribution < 1.29 is 13.5 Å². The van der Waals surface area contributed by atoms with Crippen LogP contribution >= 0.6 is 31.9 Å². The second kappa shape index (κ2) is 6.48. The Morgan fingerprint density at radius 2 is 1.86 bits per heavy atom. The topological polar surface area (TPSA) is 66.4 Å². The van der Waals surface area contributed by atoms with Gasteiger partial charge >= 0.3 is 0 Å². The highest BCUT2D eigenvalue weighted by Gasteiger charge is 2.18. The smallest absolute Gasteiger partial charge is 0.263 e. The van der Waals surface area contributed by atoms with E-state index in [0.717, 1.165) is 10.0 Å². The minimum Gasteiger partial charge on any atom is -0.392 e. The van der Waals surface area contributed by atoms with Crippen LogP contribution < -0.4 is 4.72 Å². The maximum Gasteiger partial charge on any atom is 0.263 e. The minimum atomic E-state index is -3.70. The van der Waals surface area contributed by atoms with Gasteiger partial charge in [-0.2, -0.15) is 0 Å². The van der Waals surface area contributed by atoms with Gasteiger partial charge in [-0.1, -0.05) is 22.0 Å². The Balaban J connectivity index is 2.38. The summed E-state index contributed by atoms with van der Waals surface area (Å²) in [6.45, 7) is 1.74. The molecule has 0 saturated carbocycles. The summed E-state index contributed by atoms with van der Waals surface area (Å²) in [7, 11) is -3.70. The molecule has 0 bridgehead atoms. The van der Waals surface area contributed by atoms with Gasteiger partial charge in [0.2, 0.25) is 0 Å². The molecule has 0 saturated heterocycles. The van der Waals surface area contributed by atoms with E-state index >= 15 is 0 Å². The number of hydrogen-bond acceptors (Lipinski definition) is 3. The van der Waals surface area contributed by atoms with Crippen molar-refractivity contribution in [2.24, 2.45) is 0 Å². The number of aliphatic hydroxyl groups excluding tert-OH is 1. The van der Waals surface area contributed by atoms with Crippen molar-refractivity contribution in [1.29, 1.82) is 0 Å². The van der Waals surface area contributed by atoms with Gasteiger partial charge in [0.1, 0.15) is 4.90 Å². The van der Waals surface area contributed by atoms with Crippen molar-refractivity contribution in [2.75, 3.05) is 4.72 Å². The maximum absolute atomic E-state index is 12.4. The Kier molecular flexibility index (Phi) is 5.08. The first-order valence-electron chi connectivity index (χ1n) is 6.01. The van der Waals surface area contributed by atoms with Gasteiger partial charge in [-0.3, -0.25) is 4.72 Å². The maximum atomic E-state index is 12.4. The standard InChI is InChI=1S/C14H13Br2NO3S/c1-9-4-11(15)7-12(5-9)17-21(19,20)14-3-2-10(8-18)6-13(14)16/h2-7,17-18H,8H2,1H3. The summed E-state index contributed by atoms with van der Waals surface area (Å²) in [6.07, 6.45) is 0. The number of aryl methyl sites for hydroxylation is 1. The quantitative estimate of drug-likeness (QED) is 0.768. The number of hydrogen-bond donors (Lipinski definition) is 2. The van der Waals surface area contributed by atoms with Gasteiger partial charge in [0.05, 0.1) is 12.3 Å². The molecule has 0 spiro atoms. The van der Waals surface area contributed by atoms with Crippen molar-refractivity contribution in [2.45, 2.75) is 18.4 Å². The molecule has 0 radical (unpaired) electrons. The zero-order valence-corrected chi connectivity index (χ0v) is 15.1. The lowest BCUT2D eigenvalue weighted by Gasteiger charge is -2.11. The molecule has 2 aromatic carbocycles. The third kappa shape index (κ3) is 4.06. The molecule has 0 aliphatic heterocycles. The van der Waals surface area contributed by atoms with Crippen LogP contribution in [0.5, 0.6) is 0 Å². The van der Waals surface area contributed by atoms with Crippen molar-refractivity contribution in [3.8, 4) is 0 Å². The number of anilines is 1. The molecule has 0 aliphatic carbocycles. The average Bonchev–Trinajstić information content (AvgIpc) is 2.36. The number of benzene rings is 2. The third-order valence-electron chi connectivity index (χ3n) is 2.76. The number of rotatable bonds is 4. The molecule has 0 heterocycles. The molecule has 4 nitrogen and oxygen atoms in total. The number of halogens is 2. The fourth-order valence-corrected chi connectivity index (χ4v) is 4.64. The Hall–Kier alpha value is -0.890. The predicted molar refractivity (Wildman–Crippen MR) is 89.8 cm³/mol. The monoisotopic (exact) mass is 433 g/mol. The largest absolute Gasteiger partial charge is 0.392 e. The van der Waals surface area contributed by atoms with Crippen LogP contribution in [0.15, 0.2) is 50.2 Å². The van der Waals surface area contributed by atoms with Crippen molar-refractivity contribution in [1.82, 2.24) is 0 Å². The molecule has 0 aliphatic rings. The van der Waals surface area contributed by atoms with E-state index in [1.807, 2.05) is 13.0 Å². The highest BCUT2D eigenvalue weighted by Crippen LogP contribution is 2.27. The molecule has 0 unspecified atom stereocenters. The first-order valence-corrected chi connectivity index (χ1v) is 9.08. The van der Waals surface area contributed by atoms with Gasteiger partial charge in [0.15, 0.2) is 0 Å². The van der Waals surface area contributed by atoms with E-state index in [0.29, 0.717) is 15.7 Å². The Morgan fingerprint density at radius 3 is 2.43 bits per heavy atom. The van der Waals surface area contributed by atoms with Gasteiger partial charge in [-0.25, -0.2) is 8.42 Å². The summed E-state index contributed by atoms with van der Waals surface area (Å²) in [5, 5.41) is 9.06. The summed E-state index contributed by atoms with van der Waals surface area (Å²) < 4.78 is 28.6. The number of nitrogens with one attached hydrogen (secondary N) is 1. The van der Waals surface area contributed by atoms with Crippen LogP contribution in [0.4, 0.5) is 5.69 Å². The first kappa shape index (κ1) is 16.5. The zero-order chi connectivity index (χ0) is 15.6. The van der Waals surface area contributed by atoms with Crippen molar-refractivity contribution in [3.05, 3.63) is 56.5 Å². The van der Waals surface area contributed by atoms with Gasteiger partial charge < -0.3 is 5.11 Å². The molecule has 112 valence electrons. The van der Waals surface area contributed by atoms with Crippen LogP contribution in [-0.2, 0) is 16.6 Å². The second-order valence-corrected chi connectivity index (χ2v) is 7.97. The Labute approximate surface area is 140 Å². The van der Waals surface area contributed by atoms with Crippen LogP contribution in [0.3, 0.4) is 0 Å². The highest BCUT2D eigenvalue weighted by atomic mass is 79.9. The van der Waals surface area contributed by atoms with Crippen LogP contribution in [0.25, 0.3) is 0 Å². The van der Waals surface area contributed by atoms with Gasteiger partial charge in [-0.05, 0) is 64.3 Å². The molecule has 2 N–H and O–H groups in total. The van der Waals surface area contributed by atoms with E-state index in [1.165, 1.54) is 6.07 Å². The van der Waals surface area contributed by atoms with Crippen LogP contribution in [0, 0.1) is 6.92 Å². The molecule has 2 rings (SSSR count). The van der Waals surface area contributed by atoms with Crippen molar-refractivity contribution >= 4 is 47.6 Å². The van der Waals surface area contributed by atoms with Crippen LogP contribution in [0.2, 0.25) is 0 Å². The van der Waals surface area contributed by atoms with E-state index in [9.17, 15) is 8.42 Å². The summed E-state index contributed by atoms with van der Waals surface area (Å²) in [6, 6.07) is 9.96. The highest BCUT2D eigenvalue weighted by molar-refractivity contribution is 9.10. The van der Waals surface area contributed by atoms with E-state index < -0.39 is 10.0 Å². The van der Waals surface area contributed by atoms with Crippen LogP contribution in [0.1, 0.15) is 11.1 Å². The molecule has 0 fully saturated rings. The number of aliphatic hydroxyl groups is 1. The van der Waals surface area contributed by atoms with Crippen molar-refractivity contribution in [3.63, 3.8) is 0 Å². The summed E-state index contributed by atoms with van der Waals surface area (Å²) in [5.74, 6) is 0. The zero-order valence-electron chi connectivity index (χ0n) is 11.1. The fourth-order valence-electron chi connectivity index (χ4n) is 1.87. The molecule has 7 heteroatoms. The van der Waals surface area contributed by atoms with E-state index in [4.69, 9.17) is 5.11 Å². The first-order chi connectivity index (χ1) is 9.81. The predicted octanol–water partition coefficient (Wildman–Crippen LogP) is 3.81. The lowest BCUT2D eigenvalue weighted by Crippen LogP contribution is -2.13. The SMILES string of the molecule is Cc1cc(Br)cc(NS(=O)(=O)c2ccc(CO)cc2Br)c1. The second-order valence-electron chi connectivity index (χ2n) is 4.55. The summed E-state index contributed by atoms with van der Waals surface area (Å²) in [4.78, 5) is 0.123. The van der Waals surface area contributed by atoms with Gasteiger partial charge in [0.25, 0.3) is 10.0 Å². The van der Waals surface area contributed by atoms with Gasteiger partial charge in [-0.15, -0.1) is 0 Å². The molecular weight excluding hydrogens is 422 g/mol. The summed E-state index contributed by atoms with van der Waals surface area (Å²) in [5.41, 5.74) is 2.07. The van der Waals surface area contributed by atoms with Gasteiger partial charge in [0, 0.05) is 8.95 Å². The third-order valence-corrected chi connectivity index (χ3v) is 5.58. The van der Waals surface area contributed by atoms with E-state index in [-0.39, 0.29) is 11.5 Å². The molecule has 2 aromatic rings. The lowest BCUT2D eigenvalue weighted by molar-refractivity contribution is 0.281. The van der Waals surface area contributed by atoms with Crippen LogP contribution in [-0.4, -0.2) is 13.5 Å². The molecule has 21 heavy (non-hydrogen) atoms.